The monoisotopic (exact) mass is 287 g/mol. The molecule has 0 amide bonds. The minimum atomic E-state index is -0.545. The highest BCUT2D eigenvalue weighted by molar-refractivity contribution is 5.89. The van der Waals surface area contributed by atoms with Crippen LogP contribution in [0.25, 0.3) is 0 Å². The van der Waals surface area contributed by atoms with E-state index in [2.05, 4.69) is 0 Å². The van der Waals surface area contributed by atoms with Crippen molar-refractivity contribution in [3.05, 3.63) is 53.1 Å². The Labute approximate surface area is 121 Å². The molecule has 5 nitrogen and oxygen atoms in total. The zero-order valence-corrected chi connectivity index (χ0v) is 11.5. The third kappa shape index (κ3) is 3.39. The van der Waals surface area contributed by atoms with Gasteiger partial charge >= 0.3 is 5.97 Å². The van der Waals surface area contributed by atoms with Crippen LogP contribution in [0.1, 0.15) is 28.5 Å². The largest absolute Gasteiger partial charge is 0.456 e. The summed E-state index contributed by atoms with van der Waals surface area (Å²) in [6.45, 7) is 2.35. The van der Waals surface area contributed by atoms with Crippen LogP contribution in [0.4, 0.5) is 10.1 Å². The molecule has 21 heavy (non-hydrogen) atoms. The van der Waals surface area contributed by atoms with Crippen LogP contribution in [-0.2, 0) is 17.9 Å². The van der Waals surface area contributed by atoms with Crippen molar-refractivity contribution in [2.45, 2.75) is 20.1 Å². The maximum Gasteiger partial charge on any atom is 0.355 e. The van der Waals surface area contributed by atoms with Gasteiger partial charge in [-0.15, -0.1) is 0 Å². The lowest BCUT2D eigenvalue weighted by atomic mass is 10.1. The van der Waals surface area contributed by atoms with Gasteiger partial charge in [0.15, 0.2) is 0 Å². The maximum atomic E-state index is 13.3. The summed E-state index contributed by atoms with van der Waals surface area (Å²) in [7, 11) is 0. The smallest absolute Gasteiger partial charge is 0.355 e. The quantitative estimate of drug-likeness (QED) is 0.876. The second kappa shape index (κ2) is 6.09. The molecular formula is C15H14FN3O2. The number of carbonyl (C=O) groups is 1. The predicted octanol–water partition coefficient (Wildman–Crippen LogP) is 2.46. The van der Waals surface area contributed by atoms with E-state index in [0.29, 0.717) is 23.5 Å². The van der Waals surface area contributed by atoms with E-state index in [9.17, 15) is 9.18 Å². The summed E-state index contributed by atoms with van der Waals surface area (Å²) >= 11 is 0. The lowest BCUT2D eigenvalue weighted by molar-refractivity contribution is 0.0460. The molecule has 2 N–H and O–H groups in total. The van der Waals surface area contributed by atoms with E-state index < -0.39 is 11.8 Å². The molecule has 2 rings (SSSR count). The molecular weight excluding hydrogens is 273 g/mol. The summed E-state index contributed by atoms with van der Waals surface area (Å²) in [5.41, 5.74) is 7.06. The number of anilines is 1. The third-order valence-corrected chi connectivity index (χ3v) is 2.92. The van der Waals surface area contributed by atoms with Crippen LogP contribution in [0.15, 0.2) is 30.5 Å². The molecule has 0 spiro atoms. The fourth-order valence-electron chi connectivity index (χ4n) is 1.99. The Bertz CT molecular complexity index is 716. The molecule has 2 aromatic rings. The SMILES string of the molecule is CCn1cc(N)cc1C(=O)OCc1cc(F)cc(C#N)c1. The maximum absolute atomic E-state index is 13.3. The number of nitrogen functional groups attached to an aromatic ring is 1. The Morgan fingerprint density at radius 3 is 2.86 bits per heavy atom. The van der Waals surface area contributed by atoms with Crippen molar-refractivity contribution in [2.75, 3.05) is 5.73 Å². The number of hydrogen-bond donors (Lipinski definition) is 1. The lowest BCUT2D eigenvalue weighted by Crippen LogP contribution is -2.11. The third-order valence-electron chi connectivity index (χ3n) is 2.92. The van der Waals surface area contributed by atoms with Gasteiger partial charge in [-0.3, -0.25) is 0 Å². The first-order chi connectivity index (χ1) is 10.0. The minimum absolute atomic E-state index is 0.111. The Morgan fingerprint density at radius 1 is 1.43 bits per heavy atom. The van der Waals surface area contributed by atoms with Crippen LogP contribution in [-0.4, -0.2) is 10.5 Å². The first-order valence-electron chi connectivity index (χ1n) is 6.35. The van der Waals surface area contributed by atoms with E-state index in [4.69, 9.17) is 15.7 Å². The second-order valence-electron chi connectivity index (χ2n) is 4.48. The Balaban J connectivity index is 2.11. The van der Waals surface area contributed by atoms with Crippen LogP contribution in [0.3, 0.4) is 0 Å². The van der Waals surface area contributed by atoms with Gasteiger partial charge < -0.3 is 15.0 Å². The van der Waals surface area contributed by atoms with E-state index in [-0.39, 0.29) is 12.2 Å². The molecule has 0 aliphatic carbocycles. The van der Waals surface area contributed by atoms with E-state index in [1.807, 2.05) is 13.0 Å². The highest BCUT2D eigenvalue weighted by atomic mass is 19.1. The summed E-state index contributed by atoms with van der Waals surface area (Å²) in [6.07, 6.45) is 1.65. The molecule has 0 bridgehead atoms. The number of ether oxygens (including phenoxy) is 1. The Kier molecular flexibility index (Phi) is 4.24. The average Bonchev–Trinajstić information content (AvgIpc) is 2.85. The number of nitrogens with two attached hydrogens (primary N) is 1. The fourth-order valence-corrected chi connectivity index (χ4v) is 1.99. The molecule has 1 aromatic heterocycles. The van der Waals surface area contributed by atoms with Gasteiger partial charge in [0, 0.05) is 12.7 Å². The minimum Gasteiger partial charge on any atom is -0.456 e. The van der Waals surface area contributed by atoms with Gasteiger partial charge in [-0.1, -0.05) is 0 Å². The standard InChI is InChI=1S/C15H14FN3O2/c1-2-19-8-13(18)6-14(19)15(20)21-9-11-3-10(7-17)4-12(16)5-11/h3-6,8H,2,9,18H2,1H3. The van der Waals surface area contributed by atoms with Crippen LogP contribution in [0.5, 0.6) is 0 Å². The van der Waals surface area contributed by atoms with Crippen molar-refractivity contribution in [2.24, 2.45) is 0 Å². The predicted molar refractivity (Wildman–Crippen MR) is 74.8 cm³/mol. The average molecular weight is 287 g/mol. The second-order valence-corrected chi connectivity index (χ2v) is 4.48. The van der Waals surface area contributed by atoms with Gasteiger partial charge in [0.25, 0.3) is 0 Å². The van der Waals surface area contributed by atoms with Crippen LogP contribution >= 0.6 is 0 Å². The topological polar surface area (TPSA) is 81.0 Å². The van der Waals surface area contributed by atoms with Crippen molar-refractivity contribution in [3.8, 4) is 6.07 Å². The van der Waals surface area contributed by atoms with Crippen LogP contribution < -0.4 is 5.73 Å². The molecule has 0 atom stereocenters. The van der Waals surface area contributed by atoms with E-state index in [1.54, 1.807) is 10.8 Å². The summed E-state index contributed by atoms with van der Waals surface area (Å²) in [5.74, 6) is -1.09. The molecule has 1 heterocycles. The summed E-state index contributed by atoms with van der Waals surface area (Å²) < 4.78 is 20.1. The number of rotatable bonds is 4. The van der Waals surface area contributed by atoms with E-state index in [0.717, 1.165) is 6.07 Å². The number of aryl methyl sites for hydroxylation is 1. The highest BCUT2D eigenvalue weighted by Gasteiger charge is 2.14. The molecule has 0 saturated heterocycles. The first kappa shape index (κ1) is 14.6. The molecule has 6 heteroatoms. The van der Waals surface area contributed by atoms with Gasteiger partial charge in [-0.2, -0.15) is 5.26 Å². The highest BCUT2D eigenvalue weighted by Crippen LogP contribution is 2.14. The van der Waals surface area contributed by atoms with Crippen LogP contribution in [0, 0.1) is 17.1 Å². The van der Waals surface area contributed by atoms with Crippen molar-refractivity contribution in [1.82, 2.24) is 4.57 Å². The molecule has 0 aliphatic rings. The van der Waals surface area contributed by atoms with Crippen molar-refractivity contribution >= 4 is 11.7 Å². The normalized spacial score (nSPS) is 10.1. The number of halogens is 1. The van der Waals surface area contributed by atoms with E-state index in [1.165, 1.54) is 18.2 Å². The number of carbonyl (C=O) groups excluding carboxylic acids is 1. The van der Waals surface area contributed by atoms with Gasteiger partial charge in [-0.25, -0.2) is 9.18 Å². The Morgan fingerprint density at radius 2 is 2.19 bits per heavy atom. The number of hydrogen-bond acceptors (Lipinski definition) is 4. The van der Waals surface area contributed by atoms with Crippen LogP contribution in [0.2, 0.25) is 0 Å². The summed E-state index contributed by atoms with van der Waals surface area (Å²) in [6, 6.07) is 7.19. The molecule has 0 saturated carbocycles. The summed E-state index contributed by atoms with van der Waals surface area (Å²) in [5, 5.41) is 8.77. The first-order valence-corrected chi connectivity index (χ1v) is 6.35. The molecule has 0 aliphatic heterocycles. The lowest BCUT2D eigenvalue weighted by Gasteiger charge is -2.07. The van der Waals surface area contributed by atoms with E-state index >= 15 is 0 Å². The molecule has 0 unspecified atom stereocenters. The van der Waals surface area contributed by atoms with Gasteiger partial charge in [0.1, 0.15) is 18.1 Å². The van der Waals surface area contributed by atoms with Gasteiger partial charge in [0.2, 0.25) is 0 Å². The summed E-state index contributed by atoms with van der Waals surface area (Å²) in [4.78, 5) is 12.0. The number of benzene rings is 1. The number of nitriles is 1. The van der Waals surface area contributed by atoms with Gasteiger partial charge in [-0.05, 0) is 36.8 Å². The number of esters is 1. The number of nitrogens with zero attached hydrogens (tertiary/aromatic N) is 2. The Hall–Kier alpha value is -2.81. The molecule has 0 radical (unpaired) electrons. The zero-order valence-electron chi connectivity index (χ0n) is 11.5. The molecule has 1 aromatic carbocycles. The fraction of sp³-hybridized carbons (Fsp3) is 0.200. The number of aromatic nitrogens is 1. The molecule has 108 valence electrons. The van der Waals surface area contributed by atoms with Gasteiger partial charge in [0.05, 0.1) is 17.3 Å². The zero-order chi connectivity index (χ0) is 15.4. The van der Waals surface area contributed by atoms with Crippen molar-refractivity contribution in [3.63, 3.8) is 0 Å². The molecule has 0 fully saturated rings. The van der Waals surface area contributed by atoms with Crippen molar-refractivity contribution in [1.29, 1.82) is 5.26 Å². The van der Waals surface area contributed by atoms with Crippen molar-refractivity contribution < 1.29 is 13.9 Å².